The monoisotopic (exact) mass is 274 g/mol. The molecule has 2 heterocycles. The van der Waals surface area contributed by atoms with Crippen molar-refractivity contribution in [1.29, 1.82) is 0 Å². The summed E-state index contributed by atoms with van der Waals surface area (Å²) in [6, 6.07) is 4.95. The zero-order chi connectivity index (χ0) is 14.1. The maximum Gasteiger partial charge on any atom is 0.336 e. The number of nitrogens with zero attached hydrogens (tertiary/aromatic N) is 1. The van der Waals surface area contributed by atoms with Crippen molar-refractivity contribution in [2.45, 2.75) is 13.5 Å². The molecule has 0 bridgehead atoms. The van der Waals surface area contributed by atoms with E-state index in [9.17, 15) is 9.90 Å². The van der Waals surface area contributed by atoms with E-state index in [4.69, 9.17) is 4.42 Å². The summed E-state index contributed by atoms with van der Waals surface area (Å²) in [6.45, 7) is 6.20. The van der Waals surface area contributed by atoms with Crippen molar-refractivity contribution in [3.8, 4) is 5.75 Å². The number of rotatable bonds is 2. The van der Waals surface area contributed by atoms with Crippen molar-refractivity contribution >= 4 is 11.0 Å². The van der Waals surface area contributed by atoms with Gasteiger partial charge in [0, 0.05) is 44.2 Å². The van der Waals surface area contributed by atoms with Crippen LogP contribution in [-0.4, -0.2) is 36.2 Å². The van der Waals surface area contributed by atoms with Gasteiger partial charge in [-0.05, 0) is 24.6 Å². The average Bonchev–Trinajstić information content (AvgIpc) is 2.43. The molecule has 0 amide bonds. The topological polar surface area (TPSA) is 65.7 Å². The minimum absolute atomic E-state index is 0.185. The lowest BCUT2D eigenvalue weighted by Crippen LogP contribution is -2.42. The van der Waals surface area contributed by atoms with Crippen LogP contribution in [0.3, 0.4) is 0 Å². The van der Waals surface area contributed by atoms with Gasteiger partial charge < -0.3 is 14.8 Å². The van der Waals surface area contributed by atoms with Crippen molar-refractivity contribution in [2.24, 2.45) is 0 Å². The van der Waals surface area contributed by atoms with Gasteiger partial charge in [0.05, 0.1) is 5.56 Å². The Hall–Kier alpha value is -1.85. The molecule has 1 fully saturated rings. The summed E-state index contributed by atoms with van der Waals surface area (Å²) >= 11 is 0. The van der Waals surface area contributed by atoms with E-state index in [0.717, 1.165) is 37.1 Å². The van der Waals surface area contributed by atoms with E-state index in [1.54, 1.807) is 12.1 Å². The number of phenolic OH excluding ortho intramolecular Hbond substituents is 1. The Morgan fingerprint density at radius 1 is 1.35 bits per heavy atom. The first kappa shape index (κ1) is 13.1. The number of hydrogen-bond acceptors (Lipinski definition) is 5. The van der Waals surface area contributed by atoms with E-state index >= 15 is 0 Å². The van der Waals surface area contributed by atoms with Crippen LogP contribution >= 0.6 is 0 Å². The van der Waals surface area contributed by atoms with Gasteiger partial charge >= 0.3 is 5.63 Å². The molecule has 20 heavy (non-hydrogen) atoms. The third-order valence-corrected chi connectivity index (χ3v) is 3.79. The summed E-state index contributed by atoms with van der Waals surface area (Å²) in [4.78, 5) is 13.8. The second-order valence-corrected chi connectivity index (χ2v) is 5.21. The Balaban J connectivity index is 2.08. The van der Waals surface area contributed by atoms with Crippen LogP contribution in [-0.2, 0) is 6.54 Å². The first-order chi connectivity index (χ1) is 9.65. The number of aromatic hydroxyl groups is 1. The molecule has 2 N–H and O–H groups in total. The smallest absolute Gasteiger partial charge is 0.336 e. The fourth-order valence-electron chi connectivity index (χ4n) is 2.67. The van der Waals surface area contributed by atoms with Gasteiger partial charge in [-0.1, -0.05) is 0 Å². The number of hydrogen-bond donors (Lipinski definition) is 2. The van der Waals surface area contributed by atoms with Crippen LogP contribution in [0.1, 0.15) is 11.1 Å². The fourth-order valence-corrected chi connectivity index (χ4v) is 2.67. The van der Waals surface area contributed by atoms with Gasteiger partial charge in [0.1, 0.15) is 11.3 Å². The van der Waals surface area contributed by atoms with Crippen molar-refractivity contribution in [3.05, 3.63) is 39.7 Å². The van der Waals surface area contributed by atoms with Crippen molar-refractivity contribution in [3.63, 3.8) is 0 Å². The lowest BCUT2D eigenvalue weighted by Gasteiger charge is -2.27. The normalized spacial score (nSPS) is 16.6. The van der Waals surface area contributed by atoms with Crippen LogP contribution in [0.4, 0.5) is 0 Å². The zero-order valence-electron chi connectivity index (χ0n) is 11.5. The highest BCUT2D eigenvalue weighted by Gasteiger charge is 2.17. The summed E-state index contributed by atoms with van der Waals surface area (Å²) in [5, 5.41) is 14.3. The lowest BCUT2D eigenvalue weighted by atomic mass is 10.1. The molecule has 2 aromatic rings. The quantitative estimate of drug-likeness (QED) is 0.806. The number of nitrogens with one attached hydrogen (secondary N) is 1. The van der Waals surface area contributed by atoms with Crippen LogP contribution in [0.25, 0.3) is 11.0 Å². The number of aryl methyl sites for hydroxylation is 1. The number of phenols is 1. The van der Waals surface area contributed by atoms with Gasteiger partial charge in [-0.3, -0.25) is 4.90 Å². The zero-order valence-corrected chi connectivity index (χ0v) is 11.5. The van der Waals surface area contributed by atoms with Crippen molar-refractivity contribution in [1.82, 2.24) is 10.2 Å². The molecule has 1 aliphatic rings. The summed E-state index contributed by atoms with van der Waals surface area (Å²) in [5.41, 5.74) is 1.71. The molecule has 5 heteroatoms. The predicted octanol–water partition coefficient (Wildman–Crippen LogP) is 1.21. The molecule has 0 unspecified atom stereocenters. The van der Waals surface area contributed by atoms with E-state index in [0.29, 0.717) is 17.7 Å². The van der Waals surface area contributed by atoms with Crippen LogP contribution in [0.5, 0.6) is 5.75 Å². The fraction of sp³-hybridized carbons (Fsp3) is 0.400. The maximum atomic E-state index is 11.6. The lowest BCUT2D eigenvalue weighted by molar-refractivity contribution is 0.230. The van der Waals surface area contributed by atoms with Crippen LogP contribution in [0, 0.1) is 6.92 Å². The summed E-state index contributed by atoms with van der Waals surface area (Å²) < 4.78 is 5.34. The Morgan fingerprint density at radius 2 is 2.10 bits per heavy atom. The second kappa shape index (κ2) is 5.26. The van der Waals surface area contributed by atoms with Crippen LogP contribution in [0.2, 0.25) is 0 Å². The molecule has 0 spiro atoms. The van der Waals surface area contributed by atoms with Crippen LogP contribution in [0.15, 0.2) is 27.4 Å². The Bertz CT molecular complexity index is 687. The largest absolute Gasteiger partial charge is 0.507 e. The molecular formula is C15H18N2O3. The Labute approximate surface area is 116 Å². The highest BCUT2D eigenvalue weighted by Crippen LogP contribution is 2.29. The second-order valence-electron chi connectivity index (χ2n) is 5.21. The SMILES string of the molecule is Cc1cc(=O)oc2c(CN3CCNCC3)c(O)ccc12. The molecular weight excluding hydrogens is 256 g/mol. The molecule has 1 saturated heterocycles. The number of benzene rings is 1. The number of fused-ring (bicyclic) bond motifs is 1. The molecule has 106 valence electrons. The first-order valence-corrected chi connectivity index (χ1v) is 6.83. The van der Waals surface area contributed by atoms with E-state index < -0.39 is 0 Å². The van der Waals surface area contributed by atoms with Gasteiger partial charge in [-0.2, -0.15) is 0 Å². The molecule has 0 atom stereocenters. The maximum absolute atomic E-state index is 11.6. The minimum atomic E-state index is -0.373. The van der Waals surface area contributed by atoms with E-state index in [1.165, 1.54) is 6.07 Å². The summed E-state index contributed by atoms with van der Waals surface area (Å²) in [7, 11) is 0. The van der Waals surface area contributed by atoms with Gasteiger partial charge in [-0.15, -0.1) is 0 Å². The first-order valence-electron chi connectivity index (χ1n) is 6.83. The van der Waals surface area contributed by atoms with Gasteiger partial charge in [-0.25, -0.2) is 4.79 Å². The van der Waals surface area contributed by atoms with Gasteiger partial charge in [0.25, 0.3) is 0 Å². The van der Waals surface area contributed by atoms with Crippen molar-refractivity contribution < 1.29 is 9.52 Å². The molecule has 1 aromatic carbocycles. The highest BCUT2D eigenvalue weighted by atomic mass is 16.4. The Morgan fingerprint density at radius 3 is 2.85 bits per heavy atom. The molecule has 0 aliphatic carbocycles. The third kappa shape index (κ3) is 2.42. The molecule has 0 radical (unpaired) electrons. The predicted molar refractivity (Wildman–Crippen MR) is 77.0 cm³/mol. The van der Waals surface area contributed by atoms with E-state index in [-0.39, 0.29) is 11.4 Å². The standard InChI is InChI=1S/C15H18N2O3/c1-10-8-14(19)20-15-11(10)2-3-13(18)12(15)9-17-6-4-16-5-7-17/h2-3,8,16,18H,4-7,9H2,1H3. The van der Waals surface area contributed by atoms with E-state index in [1.807, 2.05) is 6.92 Å². The Kier molecular flexibility index (Phi) is 3.46. The van der Waals surface area contributed by atoms with Gasteiger partial charge in [0.2, 0.25) is 0 Å². The summed E-state index contributed by atoms with van der Waals surface area (Å²) in [5.74, 6) is 0.185. The molecule has 1 aliphatic heterocycles. The van der Waals surface area contributed by atoms with Gasteiger partial charge in [0.15, 0.2) is 0 Å². The molecule has 3 rings (SSSR count). The molecule has 0 saturated carbocycles. The summed E-state index contributed by atoms with van der Waals surface area (Å²) in [6.07, 6.45) is 0. The molecule has 1 aromatic heterocycles. The highest BCUT2D eigenvalue weighted by molar-refractivity contribution is 5.84. The minimum Gasteiger partial charge on any atom is -0.507 e. The van der Waals surface area contributed by atoms with Crippen LogP contribution < -0.4 is 10.9 Å². The third-order valence-electron chi connectivity index (χ3n) is 3.79. The number of piperazine rings is 1. The average molecular weight is 274 g/mol. The molecule has 5 nitrogen and oxygen atoms in total. The van der Waals surface area contributed by atoms with Crippen molar-refractivity contribution in [2.75, 3.05) is 26.2 Å². The van der Waals surface area contributed by atoms with E-state index in [2.05, 4.69) is 10.2 Å².